The van der Waals surface area contributed by atoms with Crippen LogP contribution in [-0.4, -0.2) is 28.3 Å². The van der Waals surface area contributed by atoms with Crippen molar-refractivity contribution in [2.45, 2.75) is 13.5 Å². The molecule has 0 unspecified atom stereocenters. The standard InChI is InChI=1S/C18H18N4O2/c1-13(14-7-3-6-10-17(14)24-2)20-21-18(23)11-22-12-19-15-8-4-5-9-16(15)22/h3-10,12H,11H2,1-2H3,(H,21,23)/b20-13-. The number of imidazole rings is 1. The van der Waals surface area contributed by atoms with Gasteiger partial charge in [-0.2, -0.15) is 5.10 Å². The fraction of sp³-hybridized carbons (Fsp3) is 0.167. The number of ether oxygens (including phenoxy) is 1. The summed E-state index contributed by atoms with van der Waals surface area (Å²) in [5, 5.41) is 4.17. The van der Waals surface area contributed by atoms with Crippen LogP contribution in [0.25, 0.3) is 11.0 Å². The van der Waals surface area contributed by atoms with E-state index in [1.54, 1.807) is 18.0 Å². The lowest BCUT2D eigenvalue weighted by Crippen LogP contribution is -2.24. The zero-order valence-electron chi connectivity index (χ0n) is 13.6. The first-order valence-corrected chi connectivity index (χ1v) is 7.55. The molecule has 0 bridgehead atoms. The average Bonchev–Trinajstić information content (AvgIpc) is 3.02. The van der Waals surface area contributed by atoms with Gasteiger partial charge in [0.1, 0.15) is 12.3 Å². The highest BCUT2D eigenvalue weighted by Crippen LogP contribution is 2.17. The number of hydrogen-bond acceptors (Lipinski definition) is 4. The molecule has 122 valence electrons. The summed E-state index contributed by atoms with van der Waals surface area (Å²) < 4.78 is 7.09. The van der Waals surface area contributed by atoms with Gasteiger partial charge < -0.3 is 9.30 Å². The van der Waals surface area contributed by atoms with Crippen LogP contribution in [0.4, 0.5) is 0 Å². The van der Waals surface area contributed by atoms with E-state index in [1.165, 1.54) is 0 Å². The van der Waals surface area contributed by atoms with E-state index in [-0.39, 0.29) is 12.5 Å². The Morgan fingerprint density at radius 3 is 2.79 bits per heavy atom. The van der Waals surface area contributed by atoms with E-state index in [2.05, 4.69) is 15.5 Å². The highest BCUT2D eigenvalue weighted by Gasteiger charge is 2.08. The summed E-state index contributed by atoms with van der Waals surface area (Å²) in [5.41, 5.74) is 5.87. The topological polar surface area (TPSA) is 68.5 Å². The number of carbonyl (C=O) groups excluding carboxylic acids is 1. The maximum atomic E-state index is 12.1. The first-order chi connectivity index (χ1) is 11.7. The second-order valence-corrected chi connectivity index (χ2v) is 5.29. The van der Waals surface area contributed by atoms with Gasteiger partial charge in [-0.15, -0.1) is 0 Å². The van der Waals surface area contributed by atoms with Crippen LogP contribution >= 0.6 is 0 Å². The zero-order chi connectivity index (χ0) is 16.9. The molecule has 1 heterocycles. The number of benzene rings is 2. The summed E-state index contributed by atoms with van der Waals surface area (Å²) in [6.45, 7) is 1.98. The van der Waals surface area contributed by atoms with Crippen LogP contribution in [0.3, 0.4) is 0 Å². The molecule has 1 aromatic heterocycles. The van der Waals surface area contributed by atoms with Gasteiger partial charge in [0.15, 0.2) is 0 Å². The number of fused-ring (bicyclic) bond motifs is 1. The molecule has 0 saturated carbocycles. The minimum absolute atomic E-state index is 0.156. The van der Waals surface area contributed by atoms with Gasteiger partial charge in [-0.05, 0) is 31.2 Å². The lowest BCUT2D eigenvalue weighted by atomic mass is 10.1. The molecular formula is C18H18N4O2. The molecular weight excluding hydrogens is 304 g/mol. The van der Waals surface area contributed by atoms with Crippen LogP contribution in [0.15, 0.2) is 60.0 Å². The Bertz CT molecular complexity index is 899. The fourth-order valence-electron chi connectivity index (χ4n) is 2.48. The summed E-state index contributed by atoms with van der Waals surface area (Å²) in [6.07, 6.45) is 1.65. The molecule has 1 N–H and O–H groups in total. The van der Waals surface area contributed by atoms with Crippen molar-refractivity contribution in [3.05, 3.63) is 60.4 Å². The van der Waals surface area contributed by atoms with Crippen LogP contribution < -0.4 is 10.2 Å². The van der Waals surface area contributed by atoms with E-state index in [1.807, 2.05) is 55.5 Å². The molecule has 3 aromatic rings. The third-order valence-electron chi connectivity index (χ3n) is 3.69. The number of methoxy groups -OCH3 is 1. The van der Waals surface area contributed by atoms with Gasteiger partial charge in [-0.3, -0.25) is 4.79 Å². The predicted octanol–water partition coefficient (Wildman–Crippen LogP) is 2.59. The van der Waals surface area contributed by atoms with E-state index >= 15 is 0 Å². The number of amides is 1. The van der Waals surface area contributed by atoms with Crippen molar-refractivity contribution >= 4 is 22.7 Å². The lowest BCUT2D eigenvalue weighted by molar-refractivity contribution is -0.121. The second kappa shape index (κ2) is 6.95. The monoisotopic (exact) mass is 322 g/mol. The molecule has 0 aliphatic heterocycles. The highest BCUT2D eigenvalue weighted by atomic mass is 16.5. The minimum atomic E-state index is -0.215. The Labute approximate surface area is 139 Å². The summed E-state index contributed by atoms with van der Waals surface area (Å²) in [5.74, 6) is 0.501. The molecule has 1 amide bonds. The Morgan fingerprint density at radius 1 is 1.21 bits per heavy atom. The van der Waals surface area contributed by atoms with Crippen LogP contribution in [0.1, 0.15) is 12.5 Å². The van der Waals surface area contributed by atoms with Gasteiger partial charge in [-0.1, -0.05) is 24.3 Å². The number of hydrogen-bond donors (Lipinski definition) is 1. The van der Waals surface area contributed by atoms with Gasteiger partial charge >= 0.3 is 0 Å². The molecule has 24 heavy (non-hydrogen) atoms. The number of para-hydroxylation sites is 3. The van der Waals surface area contributed by atoms with E-state index in [0.717, 1.165) is 16.6 Å². The number of hydrazone groups is 1. The Morgan fingerprint density at radius 2 is 1.96 bits per heavy atom. The van der Waals surface area contributed by atoms with E-state index in [9.17, 15) is 4.79 Å². The summed E-state index contributed by atoms with van der Waals surface area (Å²) in [4.78, 5) is 16.4. The fourth-order valence-corrected chi connectivity index (χ4v) is 2.48. The summed E-state index contributed by atoms with van der Waals surface area (Å²) >= 11 is 0. The van der Waals surface area contributed by atoms with Crippen molar-refractivity contribution in [1.29, 1.82) is 0 Å². The summed E-state index contributed by atoms with van der Waals surface area (Å²) in [6, 6.07) is 15.2. The number of rotatable bonds is 5. The number of aromatic nitrogens is 2. The van der Waals surface area contributed by atoms with Gasteiger partial charge in [-0.25, -0.2) is 10.4 Å². The molecule has 6 nitrogen and oxygen atoms in total. The normalized spacial score (nSPS) is 11.5. The molecule has 6 heteroatoms. The van der Waals surface area contributed by atoms with Gasteiger partial charge in [0.05, 0.1) is 30.2 Å². The smallest absolute Gasteiger partial charge is 0.260 e. The number of carbonyl (C=O) groups is 1. The maximum Gasteiger partial charge on any atom is 0.260 e. The van der Waals surface area contributed by atoms with Crippen molar-refractivity contribution in [3.63, 3.8) is 0 Å². The van der Waals surface area contributed by atoms with E-state index < -0.39 is 0 Å². The Balaban J connectivity index is 1.71. The maximum absolute atomic E-state index is 12.1. The molecule has 0 fully saturated rings. The Hall–Kier alpha value is -3.15. The van der Waals surface area contributed by atoms with Crippen LogP contribution in [0, 0.1) is 0 Å². The molecule has 0 aliphatic rings. The Kier molecular flexibility index (Phi) is 4.56. The number of nitrogens with zero attached hydrogens (tertiary/aromatic N) is 3. The third-order valence-corrected chi connectivity index (χ3v) is 3.69. The molecule has 2 aromatic carbocycles. The molecule has 0 radical (unpaired) electrons. The van der Waals surface area contributed by atoms with Crippen molar-refractivity contribution in [3.8, 4) is 5.75 Å². The molecule has 0 spiro atoms. The zero-order valence-corrected chi connectivity index (χ0v) is 13.6. The second-order valence-electron chi connectivity index (χ2n) is 5.29. The van der Waals surface area contributed by atoms with Crippen LogP contribution in [-0.2, 0) is 11.3 Å². The van der Waals surface area contributed by atoms with Crippen molar-refractivity contribution < 1.29 is 9.53 Å². The predicted molar refractivity (Wildman–Crippen MR) is 93.1 cm³/mol. The summed E-state index contributed by atoms with van der Waals surface area (Å²) in [7, 11) is 1.61. The van der Waals surface area contributed by atoms with Crippen LogP contribution in [0.2, 0.25) is 0 Å². The molecule has 0 aliphatic carbocycles. The minimum Gasteiger partial charge on any atom is -0.496 e. The van der Waals surface area contributed by atoms with E-state index in [4.69, 9.17) is 4.74 Å². The van der Waals surface area contributed by atoms with Crippen molar-refractivity contribution in [2.24, 2.45) is 5.10 Å². The number of nitrogens with one attached hydrogen (secondary N) is 1. The molecule has 3 rings (SSSR count). The average molecular weight is 322 g/mol. The van der Waals surface area contributed by atoms with Crippen LogP contribution in [0.5, 0.6) is 5.75 Å². The van der Waals surface area contributed by atoms with Crippen molar-refractivity contribution in [2.75, 3.05) is 7.11 Å². The van der Waals surface area contributed by atoms with Gasteiger partial charge in [0.25, 0.3) is 5.91 Å². The first-order valence-electron chi connectivity index (χ1n) is 7.55. The molecule has 0 saturated heterocycles. The van der Waals surface area contributed by atoms with Gasteiger partial charge in [0.2, 0.25) is 0 Å². The quantitative estimate of drug-likeness (QED) is 0.580. The van der Waals surface area contributed by atoms with Gasteiger partial charge in [0, 0.05) is 5.56 Å². The highest BCUT2D eigenvalue weighted by molar-refractivity contribution is 6.01. The van der Waals surface area contributed by atoms with E-state index in [0.29, 0.717) is 11.5 Å². The third kappa shape index (κ3) is 3.27. The first kappa shape index (κ1) is 15.7. The largest absolute Gasteiger partial charge is 0.496 e. The lowest BCUT2D eigenvalue weighted by Gasteiger charge is -2.08. The van der Waals surface area contributed by atoms with Crippen molar-refractivity contribution in [1.82, 2.24) is 15.0 Å². The molecule has 0 atom stereocenters. The SMILES string of the molecule is COc1ccccc1/C(C)=N\NC(=O)Cn1cnc2ccccc21.